The van der Waals surface area contributed by atoms with E-state index in [0.29, 0.717) is 0 Å². The SMILES string of the molecule is O=C(O)c1cnoc1CS. The molecule has 0 aromatic carbocycles. The Kier molecular flexibility index (Phi) is 1.96. The fourth-order valence-electron chi connectivity index (χ4n) is 0.552. The molecule has 0 saturated heterocycles. The van der Waals surface area contributed by atoms with Gasteiger partial charge in [-0.25, -0.2) is 4.79 Å². The fraction of sp³-hybridized carbons (Fsp3) is 0.200. The van der Waals surface area contributed by atoms with Crippen LogP contribution in [0.3, 0.4) is 0 Å². The summed E-state index contributed by atoms with van der Waals surface area (Å²) in [7, 11) is 0. The first-order chi connectivity index (χ1) is 4.75. The van der Waals surface area contributed by atoms with Crippen LogP contribution in [0, 0.1) is 0 Å². The lowest BCUT2D eigenvalue weighted by atomic mass is 10.3. The second-order valence-electron chi connectivity index (χ2n) is 1.63. The number of carbonyl (C=O) groups is 1. The van der Waals surface area contributed by atoms with Gasteiger partial charge in [-0.3, -0.25) is 0 Å². The fourth-order valence-corrected chi connectivity index (χ4v) is 0.780. The molecule has 10 heavy (non-hydrogen) atoms. The van der Waals surface area contributed by atoms with E-state index in [4.69, 9.17) is 5.11 Å². The van der Waals surface area contributed by atoms with E-state index in [1.165, 1.54) is 0 Å². The average Bonchev–Trinajstić information content (AvgIpc) is 2.33. The largest absolute Gasteiger partial charge is 0.478 e. The topological polar surface area (TPSA) is 63.3 Å². The molecule has 1 aromatic heterocycles. The first-order valence-corrected chi connectivity index (χ1v) is 3.16. The molecule has 1 N–H and O–H groups in total. The lowest BCUT2D eigenvalue weighted by Gasteiger charge is -1.87. The minimum absolute atomic E-state index is 0.0787. The van der Waals surface area contributed by atoms with E-state index in [9.17, 15) is 4.79 Å². The molecule has 1 rings (SSSR count). The summed E-state index contributed by atoms with van der Waals surface area (Å²) in [5.74, 6) is -0.497. The number of aromatic carboxylic acids is 1. The molecule has 54 valence electrons. The lowest BCUT2D eigenvalue weighted by Crippen LogP contribution is -1.96. The summed E-state index contributed by atoms with van der Waals surface area (Å²) in [5, 5.41) is 11.8. The van der Waals surface area contributed by atoms with Crippen LogP contribution in [0.2, 0.25) is 0 Å². The normalized spacial score (nSPS) is 9.70. The quantitative estimate of drug-likeness (QED) is 0.626. The van der Waals surface area contributed by atoms with Crippen molar-refractivity contribution in [2.45, 2.75) is 5.75 Å². The first-order valence-electron chi connectivity index (χ1n) is 2.53. The number of hydrogen-bond donors (Lipinski definition) is 2. The molecule has 0 bridgehead atoms. The first kappa shape index (κ1) is 7.14. The van der Waals surface area contributed by atoms with Crippen molar-refractivity contribution < 1.29 is 14.4 Å². The summed E-state index contributed by atoms with van der Waals surface area (Å²) in [5.41, 5.74) is 0.0787. The third-order valence-corrected chi connectivity index (χ3v) is 1.31. The summed E-state index contributed by atoms with van der Waals surface area (Å²) < 4.78 is 4.57. The van der Waals surface area contributed by atoms with Crippen LogP contribution in [0.4, 0.5) is 0 Å². The zero-order valence-electron chi connectivity index (χ0n) is 4.94. The number of hydrogen-bond acceptors (Lipinski definition) is 4. The lowest BCUT2D eigenvalue weighted by molar-refractivity contribution is 0.0695. The Morgan fingerprint density at radius 3 is 3.00 bits per heavy atom. The van der Waals surface area contributed by atoms with Crippen molar-refractivity contribution in [1.82, 2.24) is 5.16 Å². The van der Waals surface area contributed by atoms with Crippen molar-refractivity contribution in [1.29, 1.82) is 0 Å². The molecule has 5 heteroatoms. The minimum Gasteiger partial charge on any atom is -0.478 e. The highest BCUT2D eigenvalue weighted by molar-refractivity contribution is 7.79. The second-order valence-corrected chi connectivity index (χ2v) is 1.94. The predicted molar refractivity (Wildman–Crippen MR) is 36.2 cm³/mol. The van der Waals surface area contributed by atoms with E-state index in [0.717, 1.165) is 6.20 Å². The Balaban J connectivity index is 3.01. The van der Waals surface area contributed by atoms with Crippen LogP contribution >= 0.6 is 12.6 Å². The summed E-state index contributed by atoms with van der Waals surface area (Å²) in [6.45, 7) is 0. The summed E-state index contributed by atoms with van der Waals surface area (Å²) in [6, 6.07) is 0. The number of nitrogens with zero attached hydrogens (tertiary/aromatic N) is 1. The Labute approximate surface area is 62.2 Å². The molecule has 0 aliphatic carbocycles. The zero-order valence-corrected chi connectivity index (χ0v) is 5.84. The zero-order chi connectivity index (χ0) is 7.56. The molecule has 0 atom stereocenters. The van der Waals surface area contributed by atoms with Crippen molar-refractivity contribution >= 4 is 18.6 Å². The van der Waals surface area contributed by atoms with Gasteiger partial charge in [0, 0.05) is 0 Å². The molecule has 0 spiro atoms. The second kappa shape index (κ2) is 2.74. The van der Waals surface area contributed by atoms with Gasteiger partial charge in [-0.2, -0.15) is 12.6 Å². The third kappa shape index (κ3) is 1.13. The number of carboxylic acids is 1. The predicted octanol–water partition coefficient (Wildman–Crippen LogP) is 0.803. The molecule has 0 saturated carbocycles. The van der Waals surface area contributed by atoms with E-state index in [2.05, 4.69) is 22.3 Å². The summed E-state index contributed by atoms with van der Waals surface area (Å²) in [6.07, 6.45) is 1.16. The van der Waals surface area contributed by atoms with E-state index in [1.807, 2.05) is 0 Å². The van der Waals surface area contributed by atoms with Crippen LogP contribution in [-0.2, 0) is 5.75 Å². The molecule has 1 aromatic rings. The smallest absolute Gasteiger partial charge is 0.341 e. The van der Waals surface area contributed by atoms with E-state index >= 15 is 0 Å². The van der Waals surface area contributed by atoms with Crippen molar-refractivity contribution in [2.24, 2.45) is 0 Å². The van der Waals surface area contributed by atoms with Gasteiger partial charge in [-0.05, 0) is 0 Å². The third-order valence-electron chi connectivity index (χ3n) is 1.02. The van der Waals surface area contributed by atoms with Crippen molar-refractivity contribution in [3.05, 3.63) is 17.5 Å². The maximum absolute atomic E-state index is 10.3. The molecule has 0 aliphatic heterocycles. The van der Waals surface area contributed by atoms with Crippen LogP contribution in [0.1, 0.15) is 16.1 Å². The van der Waals surface area contributed by atoms with Gasteiger partial charge in [0.2, 0.25) is 0 Å². The molecule has 0 radical (unpaired) electrons. The number of carboxylic acid groups (broad SMARTS) is 1. The molecular formula is C5H5NO3S. The highest BCUT2D eigenvalue weighted by atomic mass is 32.1. The van der Waals surface area contributed by atoms with Crippen molar-refractivity contribution in [3.8, 4) is 0 Å². The van der Waals surface area contributed by atoms with Gasteiger partial charge in [-0.1, -0.05) is 5.16 Å². The van der Waals surface area contributed by atoms with Crippen molar-refractivity contribution in [2.75, 3.05) is 0 Å². The number of rotatable bonds is 2. The van der Waals surface area contributed by atoms with Crippen LogP contribution in [0.25, 0.3) is 0 Å². The van der Waals surface area contributed by atoms with Crippen LogP contribution in [0.15, 0.2) is 10.7 Å². The van der Waals surface area contributed by atoms with Crippen LogP contribution < -0.4 is 0 Å². The Hall–Kier alpha value is -0.970. The van der Waals surface area contributed by atoms with Gasteiger partial charge in [0.25, 0.3) is 0 Å². The monoisotopic (exact) mass is 159 g/mol. The van der Waals surface area contributed by atoms with E-state index < -0.39 is 5.97 Å². The van der Waals surface area contributed by atoms with Crippen LogP contribution in [-0.4, -0.2) is 16.2 Å². The van der Waals surface area contributed by atoms with Gasteiger partial charge < -0.3 is 9.63 Å². The summed E-state index contributed by atoms with van der Waals surface area (Å²) in [4.78, 5) is 10.3. The van der Waals surface area contributed by atoms with Crippen molar-refractivity contribution in [3.63, 3.8) is 0 Å². The molecule has 4 nitrogen and oxygen atoms in total. The molecule has 0 amide bonds. The van der Waals surface area contributed by atoms with E-state index in [-0.39, 0.29) is 17.1 Å². The Morgan fingerprint density at radius 2 is 2.60 bits per heavy atom. The molecule has 0 fully saturated rings. The van der Waals surface area contributed by atoms with Gasteiger partial charge >= 0.3 is 5.97 Å². The molecule has 1 heterocycles. The van der Waals surface area contributed by atoms with Gasteiger partial charge in [0.05, 0.1) is 11.9 Å². The molecule has 0 aliphatic rings. The summed E-state index contributed by atoms with van der Waals surface area (Å²) >= 11 is 3.84. The maximum atomic E-state index is 10.3. The highest BCUT2D eigenvalue weighted by Crippen LogP contribution is 2.09. The molecular weight excluding hydrogens is 154 g/mol. The Bertz CT molecular complexity index is 245. The maximum Gasteiger partial charge on any atom is 0.341 e. The standard InChI is InChI=1S/C5H5NO3S/c7-5(8)3-1-6-9-4(3)2-10/h1,10H,2H2,(H,7,8). The minimum atomic E-state index is -1.04. The van der Waals surface area contributed by atoms with Gasteiger partial charge in [-0.15, -0.1) is 0 Å². The average molecular weight is 159 g/mol. The van der Waals surface area contributed by atoms with Gasteiger partial charge in [0.1, 0.15) is 5.56 Å². The Morgan fingerprint density at radius 1 is 1.90 bits per heavy atom. The number of thiol groups is 1. The van der Waals surface area contributed by atoms with E-state index in [1.54, 1.807) is 0 Å². The molecule has 0 unspecified atom stereocenters. The highest BCUT2D eigenvalue weighted by Gasteiger charge is 2.12. The van der Waals surface area contributed by atoms with Crippen LogP contribution in [0.5, 0.6) is 0 Å². The van der Waals surface area contributed by atoms with Gasteiger partial charge in [0.15, 0.2) is 5.76 Å². The number of aromatic nitrogens is 1.